The maximum Gasteiger partial charge on any atom is 0.356 e. The van der Waals surface area contributed by atoms with Crippen molar-refractivity contribution in [1.29, 1.82) is 0 Å². The molecule has 166 valence electrons. The first-order valence-corrected chi connectivity index (χ1v) is 12.5. The average Bonchev–Trinajstić information content (AvgIpc) is 2.90. The van der Waals surface area contributed by atoms with Crippen LogP contribution in [0, 0.1) is 19.8 Å². The van der Waals surface area contributed by atoms with Crippen molar-refractivity contribution >= 4 is 32.0 Å². The first-order valence-electron chi connectivity index (χ1n) is 9.58. The molecule has 0 saturated carbocycles. The molecule has 1 unspecified atom stereocenters. The van der Waals surface area contributed by atoms with Crippen LogP contribution in [0.4, 0.5) is 4.79 Å². The normalized spacial score (nSPS) is 20.1. The Morgan fingerprint density at radius 2 is 1.13 bits per heavy atom. The average molecular weight is 465 g/mol. The van der Waals surface area contributed by atoms with E-state index in [0.717, 1.165) is 11.1 Å². The van der Waals surface area contributed by atoms with E-state index in [-0.39, 0.29) is 14.1 Å². The number of urea groups is 1. The van der Waals surface area contributed by atoms with E-state index in [9.17, 15) is 26.4 Å². The van der Waals surface area contributed by atoms with Crippen LogP contribution in [-0.4, -0.2) is 42.9 Å². The Bertz CT molecular complexity index is 1250. The molecular weight excluding hydrogens is 440 g/mol. The van der Waals surface area contributed by atoms with Crippen molar-refractivity contribution < 1.29 is 26.4 Å². The molecule has 8 nitrogen and oxygen atoms in total. The molecule has 2 aromatic rings. The summed E-state index contributed by atoms with van der Waals surface area (Å²) in [5.41, 5.74) is -0.329. The lowest BCUT2D eigenvalue weighted by molar-refractivity contribution is -0.130. The van der Waals surface area contributed by atoms with Gasteiger partial charge in [0.15, 0.2) is 0 Å². The number of nitrogens with zero attached hydrogens (tertiary/aromatic N) is 2. The van der Waals surface area contributed by atoms with Gasteiger partial charge in [0.25, 0.3) is 26.0 Å². The molecule has 1 atom stereocenters. The third-order valence-electron chi connectivity index (χ3n) is 5.63. The zero-order valence-corrected chi connectivity index (χ0v) is 19.5. The van der Waals surface area contributed by atoms with Gasteiger partial charge in [0.2, 0.25) is 0 Å². The lowest BCUT2D eigenvalue weighted by Crippen LogP contribution is -2.53. The predicted octanol–water partition coefficient (Wildman–Crippen LogP) is 3.06. The van der Waals surface area contributed by atoms with Crippen LogP contribution in [0.15, 0.2) is 58.3 Å². The number of sulfonamides is 2. The van der Waals surface area contributed by atoms with Crippen molar-refractivity contribution in [1.82, 2.24) is 8.61 Å². The van der Waals surface area contributed by atoms with E-state index in [4.69, 9.17) is 0 Å². The molecule has 31 heavy (non-hydrogen) atoms. The van der Waals surface area contributed by atoms with Crippen LogP contribution in [-0.2, 0) is 24.8 Å². The molecule has 1 aliphatic heterocycles. The molecule has 1 fully saturated rings. The van der Waals surface area contributed by atoms with Crippen LogP contribution in [0.5, 0.6) is 0 Å². The Morgan fingerprint density at radius 3 is 1.52 bits per heavy atom. The number of aryl methyl sites for hydroxylation is 2. The smallest absolute Gasteiger partial charge is 0.270 e. The molecule has 0 bridgehead atoms. The Balaban J connectivity index is 2.21. The molecule has 1 aliphatic rings. The Hall–Kier alpha value is -2.72. The Morgan fingerprint density at radius 1 is 0.742 bits per heavy atom. The van der Waals surface area contributed by atoms with Gasteiger partial charge in [-0.25, -0.2) is 25.9 Å². The number of imide groups is 1. The van der Waals surface area contributed by atoms with E-state index < -0.39 is 43.4 Å². The fourth-order valence-electron chi connectivity index (χ4n) is 3.34. The summed E-state index contributed by atoms with van der Waals surface area (Å²) in [5.74, 6) is -1.80. The van der Waals surface area contributed by atoms with Gasteiger partial charge in [-0.05, 0) is 51.0 Å². The molecule has 2 aromatic carbocycles. The van der Waals surface area contributed by atoms with Crippen LogP contribution < -0.4 is 0 Å². The third kappa shape index (κ3) is 3.43. The van der Waals surface area contributed by atoms with Crippen molar-refractivity contribution in [2.24, 2.45) is 5.92 Å². The van der Waals surface area contributed by atoms with Gasteiger partial charge in [-0.1, -0.05) is 49.2 Å². The Kier molecular flexibility index (Phi) is 5.52. The SMILES string of the molecule is Cc1ccc(S(=O)(=O)N2C(=O)N(S(=O)(=O)c3ccc(C)cc3)C(C)(C(C)C)C2=O)cc1. The Labute approximate surface area is 182 Å². The quantitative estimate of drug-likeness (QED) is 0.629. The van der Waals surface area contributed by atoms with E-state index in [1.165, 1.54) is 43.3 Å². The first-order chi connectivity index (χ1) is 14.3. The summed E-state index contributed by atoms with van der Waals surface area (Å²) >= 11 is 0. The van der Waals surface area contributed by atoms with Crippen molar-refractivity contribution in [3.8, 4) is 0 Å². The highest BCUT2D eigenvalue weighted by molar-refractivity contribution is 7.91. The number of carbonyl (C=O) groups is 2. The number of hydrogen-bond acceptors (Lipinski definition) is 6. The number of amides is 3. The molecule has 0 N–H and O–H groups in total. The summed E-state index contributed by atoms with van der Waals surface area (Å²) in [6, 6.07) is 9.94. The maximum absolute atomic E-state index is 13.4. The molecule has 0 aromatic heterocycles. The molecule has 3 rings (SSSR count). The van der Waals surface area contributed by atoms with Crippen molar-refractivity contribution in [3.63, 3.8) is 0 Å². The minimum Gasteiger partial charge on any atom is -0.270 e. The second-order valence-corrected chi connectivity index (χ2v) is 11.6. The standard InChI is InChI=1S/C21H24N2O6S2/c1-14(2)21(5)19(24)22(30(26,27)17-10-6-15(3)7-11-17)20(25)23(21)31(28,29)18-12-8-16(4)9-13-18/h6-14H,1-5H3. The molecule has 10 heteroatoms. The van der Waals surface area contributed by atoms with Crippen LogP contribution in [0.25, 0.3) is 0 Å². The fraction of sp³-hybridized carbons (Fsp3) is 0.333. The van der Waals surface area contributed by atoms with E-state index in [0.29, 0.717) is 4.31 Å². The van der Waals surface area contributed by atoms with Gasteiger partial charge in [-0.2, -0.15) is 0 Å². The number of rotatable bonds is 5. The molecule has 0 aliphatic carbocycles. The zero-order chi connectivity index (χ0) is 23.4. The highest BCUT2D eigenvalue weighted by Gasteiger charge is 2.64. The highest BCUT2D eigenvalue weighted by atomic mass is 32.2. The van der Waals surface area contributed by atoms with E-state index in [2.05, 4.69) is 0 Å². The van der Waals surface area contributed by atoms with Gasteiger partial charge in [0.1, 0.15) is 5.54 Å². The largest absolute Gasteiger partial charge is 0.356 e. The first kappa shape index (κ1) is 23.0. The van der Waals surface area contributed by atoms with Crippen LogP contribution in [0.1, 0.15) is 31.9 Å². The van der Waals surface area contributed by atoms with Crippen LogP contribution in [0.3, 0.4) is 0 Å². The molecular formula is C21H24N2O6S2. The number of hydrogen-bond donors (Lipinski definition) is 0. The molecule has 1 heterocycles. The summed E-state index contributed by atoms with van der Waals surface area (Å²) < 4.78 is 53.7. The van der Waals surface area contributed by atoms with Crippen LogP contribution in [0.2, 0.25) is 0 Å². The summed E-state index contributed by atoms with van der Waals surface area (Å²) in [5, 5.41) is 0. The summed E-state index contributed by atoms with van der Waals surface area (Å²) in [6.07, 6.45) is 0. The van der Waals surface area contributed by atoms with Gasteiger partial charge < -0.3 is 0 Å². The van der Waals surface area contributed by atoms with Gasteiger partial charge >= 0.3 is 6.03 Å². The van der Waals surface area contributed by atoms with Gasteiger partial charge in [0, 0.05) is 0 Å². The maximum atomic E-state index is 13.4. The van der Waals surface area contributed by atoms with Crippen molar-refractivity contribution in [2.75, 3.05) is 0 Å². The number of benzene rings is 2. The van der Waals surface area contributed by atoms with Crippen molar-refractivity contribution in [2.45, 2.75) is 49.9 Å². The van der Waals surface area contributed by atoms with E-state index in [1.54, 1.807) is 39.8 Å². The molecule has 0 radical (unpaired) electrons. The summed E-state index contributed by atoms with van der Waals surface area (Å²) in [6.45, 7) is 7.92. The predicted molar refractivity (Wildman–Crippen MR) is 114 cm³/mol. The molecule has 0 spiro atoms. The van der Waals surface area contributed by atoms with E-state index >= 15 is 0 Å². The highest BCUT2D eigenvalue weighted by Crippen LogP contribution is 2.41. The van der Waals surface area contributed by atoms with Crippen molar-refractivity contribution in [3.05, 3.63) is 59.7 Å². The minimum absolute atomic E-state index is 0.0728. The fourth-order valence-corrected chi connectivity index (χ4v) is 6.54. The monoisotopic (exact) mass is 464 g/mol. The third-order valence-corrected chi connectivity index (χ3v) is 9.18. The molecule has 1 saturated heterocycles. The van der Waals surface area contributed by atoms with Gasteiger partial charge in [-0.3, -0.25) is 4.79 Å². The topological polar surface area (TPSA) is 109 Å². The van der Waals surface area contributed by atoms with E-state index in [1.807, 2.05) is 0 Å². The molecule has 3 amide bonds. The minimum atomic E-state index is -4.61. The lowest BCUT2D eigenvalue weighted by atomic mass is 9.89. The van der Waals surface area contributed by atoms with Gasteiger partial charge in [-0.15, -0.1) is 4.31 Å². The van der Waals surface area contributed by atoms with Gasteiger partial charge in [0.05, 0.1) is 9.79 Å². The summed E-state index contributed by atoms with van der Waals surface area (Å²) in [7, 11) is -9.13. The lowest BCUT2D eigenvalue weighted by Gasteiger charge is -2.33. The second-order valence-electron chi connectivity index (χ2n) is 8.05. The summed E-state index contributed by atoms with van der Waals surface area (Å²) in [4.78, 5) is 26.1. The number of carbonyl (C=O) groups excluding carboxylic acids is 2. The second kappa shape index (κ2) is 7.45. The zero-order valence-electron chi connectivity index (χ0n) is 17.9. The van der Waals surface area contributed by atoms with Crippen LogP contribution >= 0.6 is 0 Å².